The van der Waals surface area contributed by atoms with Gasteiger partial charge in [-0.3, -0.25) is 10.1 Å². The van der Waals surface area contributed by atoms with Crippen LogP contribution in [0.4, 0.5) is 10.8 Å². The Morgan fingerprint density at radius 1 is 1.40 bits per heavy atom. The van der Waals surface area contributed by atoms with Crippen LogP contribution in [0.3, 0.4) is 0 Å². The molecule has 0 radical (unpaired) electrons. The van der Waals surface area contributed by atoms with E-state index in [1.165, 1.54) is 24.2 Å². The van der Waals surface area contributed by atoms with Gasteiger partial charge in [0.25, 0.3) is 5.91 Å². The minimum Gasteiger partial charge on any atom is -0.387 e. The van der Waals surface area contributed by atoms with E-state index in [-0.39, 0.29) is 5.91 Å². The molecule has 0 bridgehead atoms. The van der Waals surface area contributed by atoms with E-state index in [1.54, 1.807) is 0 Å². The van der Waals surface area contributed by atoms with Crippen molar-refractivity contribution in [1.82, 2.24) is 4.98 Å². The largest absolute Gasteiger partial charge is 0.387 e. The van der Waals surface area contributed by atoms with Gasteiger partial charge < -0.3 is 5.32 Å². The summed E-state index contributed by atoms with van der Waals surface area (Å²) in [6.45, 7) is 1.98. The average molecular weight is 287 g/mol. The molecule has 1 aliphatic rings. The van der Waals surface area contributed by atoms with Crippen molar-refractivity contribution in [2.24, 2.45) is 0 Å². The van der Waals surface area contributed by atoms with E-state index >= 15 is 0 Å². The van der Waals surface area contributed by atoms with Crippen molar-refractivity contribution < 1.29 is 4.79 Å². The van der Waals surface area contributed by atoms with Gasteiger partial charge in [0, 0.05) is 24.0 Å². The van der Waals surface area contributed by atoms with Gasteiger partial charge in [0.2, 0.25) is 0 Å². The van der Waals surface area contributed by atoms with Crippen LogP contribution in [0, 0.1) is 6.92 Å². The number of nitrogens with zero attached hydrogens (tertiary/aromatic N) is 1. The molecule has 2 N–H and O–H groups in total. The summed E-state index contributed by atoms with van der Waals surface area (Å²) >= 11 is 1.50. The summed E-state index contributed by atoms with van der Waals surface area (Å²) in [5, 5.41) is 8.66. The Balaban J connectivity index is 1.79. The van der Waals surface area contributed by atoms with E-state index in [2.05, 4.69) is 15.6 Å². The smallest absolute Gasteiger partial charge is 0.259 e. The number of aryl methyl sites for hydroxylation is 1. The maximum atomic E-state index is 12.4. The number of aromatic nitrogens is 1. The summed E-state index contributed by atoms with van der Waals surface area (Å²) in [5.74, 6) is 0.499. The summed E-state index contributed by atoms with van der Waals surface area (Å²) in [7, 11) is 1.82. The Hall–Kier alpha value is -1.88. The SMILES string of the molecule is CNc1ccc(C)cc1C(=O)Nc1nc(C2CC2)cs1. The number of carbonyl (C=O) groups excluding carboxylic acids is 1. The molecular weight excluding hydrogens is 270 g/mol. The fourth-order valence-electron chi connectivity index (χ4n) is 2.14. The van der Waals surface area contributed by atoms with Crippen LogP contribution in [-0.4, -0.2) is 17.9 Å². The quantitative estimate of drug-likeness (QED) is 0.903. The average Bonchev–Trinajstić information content (AvgIpc) is 3.19. The third-order valence-electron chi connectivity index (χ3n) is 3.43. The highest BCUT2D eigenvalue weighted by molar-refractivity contribution is 7.14. The van der Waals surface area contributed by atoms with Crippen molar-refractivity contribution in [3.8, 4) is 0 Å². The summed E-state index contributed by atoms with van der Waals surface area (Å²) < 4.78 is 0. The van der Waals surface area contributed by atoms with Crippen molar-refractivity contribution in [1.29, 1.82) is 0 Å². The molecule has 2 aromatic rings. The first kappa shape index (κ1) is 13.1. The minimum atomic E-state index is -0.116. The van der Waals surface area contributed by atoms with Gasteiger partial charge in [0.05, 0.1) is 11.3 Å². The minimum absolute atomic E-state index is 0.116. The maximum absolute atomic E-state index is 12.4. The molecule has 4 nitrogen and oxygen atoms in total. The first-order valence-corrected chi connectivity index (χ1v) is 7.60. The predicted molar refractivity (Wildman–Crippen MR) is 82.8 cm³/mol. The van der Waals surface area contributed by atoms with Crippen LogP contribution in [0.15, 0.2) is 23.6 Å². The number of carbonyl (C=O) groups is 1. The number of rotatable bonds is 4. The van der Waals surface area contributed by atoms with Crippen molar-refractivity contribution in [3.05, 3.63) is 40.4 Å². The maximum Gasteiger partial charge on any atom is 0.259 e. The standard InChI is InChI=1S/C15H17N3OS/c1-9-3-6-12(16-2)11(7-9)14(19)18-15-17-13(8-20-15)10-4-5-10/h3,6-8,10,16H,4-5H2,1-2H3,(H,17,18,19). The molecule has 0 spiro atoms. The van der Waals surface area contributed by atoms with Gasteiger partial charge in [0.15, 0.2) is 5.13 Å². The van der Waals surface area contributed by atoms with Crippen LogP contribution in [0.25, 0.3) is 0 Å². The summed E-state index contributed by atoms with van der Waals surface area (Å²) in [4.78, 5) is 16.8. The number of anilines is 2. The second kappa shape index (κ2) is 5.25. The zero-order valence-electron chi connectivity index (χ0n) is 11.6. The van der Waals surface area contributed by atoms with Gasteiger partial charge in [-0.2, -0.15) is 0 Å². The van der Waals surface area contributed by atoms with Crippen LogP contribution in [0.1, 0.15) is 40.4 Å². The first-order valence-electron chi connectivity index (χ1n) is 6.72. The molecular formula is C15H17N3OS. The second-order valence-electron chi connectivity index (χ2n) is 5.10. The number of nitrogens with one attached hydrogen (secondary N) is 2. The Kier molecular flexibility index (Phi) is 3.44. The number of hydrogen-bond donors (Lipinski definition) is 2. The highest BCUT2D eigenvalue weighted by atomic mass is 32.1. The van der Waals surface area contributed by atoms with Crippen molar-refractivity contribution in [2.45, 2.75) is 25.7 Å². The van der Waals surface area contributed by atoms with E-state index in [4.69, 9.17) is 0 Å². The molecule has 1 aromatic heterocycles. The van der Waals surface area contributed by atoms with Crippen LogP contribution in [0.2, 0.25) is 0 Å². The van der Waals surface area contributed by atoms with E-state index in [9.17, 15) is 4.79 Å². The molecule has 3 rings (SSSR count). The lowest BCUT2D eigenvalue weighted by Crippen LogP contribution is -2.14. The summed E-state index contributed by atoms with van der Waals surface area (Å²) in [6, 6.07) is 5.79. The van der Waals surface area contributed by atoms with Gasteiger partial charge >= 0.3 is 0 Å². The van der Waals surface area contributed by atoms with Gasteiger partial charge in [-0.1, -0.05) is 11.6 Å². The molecule has 5 heteroatoms. The number of thiazole rings is 1. The van der Waals surface area contributed by atoms with Gasteiger partial charge in [-0.15, -0.1) is 11.3 Å². The number of amides is 1. The van der Waals surface area contributed by atoms with Crippen molar-refractivity contribution in [3.63, 3.8) is 0 Å². The topological polar surface area (TPSA) is 54.0 Å². The van der Waals surface area contributed by atoms with Crippen LogP contribution < -0.4 is 10.6 Å². The van der Waals surface area contributed by atoms with Crippen LogP contribution >= 0.6 is 11.3 Å². The number of benzene rings is 1. The third kappa shape index (κ3) is 2.67. The Labute approximate surface area is 122 Å². The summed E-state index contributed by atoms with van der Waals surface area (Å²) in [5.41, 5.74) is 3.65. The molecule has 20 heavy (non-hydrogen) atoms. The molecule has 104 valence electrons. The molecule has 0 atom stereocenters. The highest BCUT2D eigenvalue weighted by Gasteiger charge is 2.26. The second-order valence-corrected chi connectivity index (χ2v) is 5.96. The molecule has 0 unspecified atom stereocenters. The molecule has 1 fully saturated rings. The van der Waals surface area contributed by atoms with Gasteiger partial charge in [-0.25, -0.2) is 4.98 Å². The first-order chi connectivity index (χ1) is 9.67. The Morgan fingerprint density at radius 3 is 2.90 bits per heavy atom. The molecule has 0 saturated heterocycles. The molecule has 1 saturated carbocycles. The zero-order chi connectivity index (χ0) is 14.1. The van der Waals surface area contributed by atoms with Gasteiger partial charge in [-0.05, 0) is 31.9 Å². The molecule has 1 aromatic carbocycles. The van der Waals surface area contributed by atoms with Crippen molar-refractivity contribution in [2.75, 3.05) is 17.7 Å². The fraction of sp³-hybridized carbons (Fsp3) is 0.333. The zero-order valence-corrected chi connectivity index (χ0v) is 12.4. The molecule has 1 amide bonds. The third-order valence-corrected chi connectivity index (χ3v) is 4.20. The van der Waals surface area contributed by atoms with Crippen LogP contribution in [-0.2, 0) is 0 Å². The fourth-order valence-corrected chi connectivity index (χ4v) is 2.93. The molecule has 0 aliphatic heterocycles. The normalized spacial score (nSPS) is 14.1. The highest BCUT2D eigenvalue weighted by Crippen LogP contribution is 2.40. The molecule has 1 heterocycles. The van der Waals surface area contributed by atoms with Gasteiger partial charge in [0.1, 0.15) is 0 Å². The molecule has 1 aliphatic carbocycles. The Morgan fingerprint density at radius 2 is 2.20 bits per heavy atom. The lowest BCUT2D eigenvalue weighted by molar-refractivity contribution is 0.102. The Bertz CT molecular complexity index is 646. The van der Waals surface area contributed by atoms with E-state index in [0.29, 0.717) is 16.6 Å². The summed E-state index contributed by atoms with van der Waals surface area (Å²) in [6.07, 6.45) is 2.44. The lowest BCUT2D eigenvalue weighted by atomic mass is 10.1. The van der Waals surface area contributed by atoms with Crippen molar-refractivity contribution >= 4 is 28.1 Å². The number of hydrogen-bond acceptors (Lipinski definition) is 4. The van der Waals surface area contributed by atoms with E-state index in [0.717, 1.165) is 16.9 Å². The van der Waals surface area contributed by atoms with Crippen LogP contribution in [0.5, 0.6) is 0 Å². The monoisotopic (exact) mass is 287 g/mol. The van der Waals surface area contributed by atoms with E-state index in [1.807, 2.05) is 37.6 Å². The lowest BCUT2D eigenvalue weighted by Gasteiger charge is -2.09. The predicted octanol–water partition coefficient (Wildman–Crippen LogP) is 3.62. The van der Waals surface area contributed by atoms with E-state index < -0.39 is 0 Å².